The molecule has 0 saturated heterocycles. The van der Waals surface area contributed by atoms with Crippen LogP contribution >= 0.6 is 15.9 Å². The molecular weight excluding hydrogens is 338 g/mol. The van der Waals surface area contributed by atoms with E-state index >= 15 is 0 Å². The minimum Gasteiger partial charge on any atom is -0.380 e. The molecule has 22 heavy (non-hydrogen) atoms. The van der Waals surface area contributed by atoms with Crippen molar-refractivity contribution in [3.8, 4) is 0 Å². The SMILES string of the molecule is Cc1ccc(Br)cc1CNc1ccccc1C1=NCCCN1. The van der Waals surface area contributed by atoms with Crippen molar-refractivity contribution in [2.24, 2.45) is 4.99 Å². The lowest BCUT2D eigenvalue weighted by Crippen LogP contribution is -2.30. The lowest BCUT2D eigenvalue weighted by atomic mass is 10.1. The molecule has 0 atom stereocenters. The Balaban J connectivity index is 1.81. The van der Waals surface area contributed by atoms with Crippen molar-refractivity contribution >= 4 is 27.5 Å². The molecule has 1 aliphatic heterocycles. The molecule has 0 spiro atoms. The maximum Gasteiger partial charge on any atom is 0.130 e. The maximum atomic E-state index is 4.61. The molecule has 1 heterocycles. The van der Waals surface area contributed by atoms with Crippen molar-refractivity contribution in [2.45, 2.75) is 19.9 Å². The van der Waals surface area contributed by atoms with E-state index in [0.29, 0.717) is 0 Å². The van der Waals surface area contributed by atoms with E-state index in [4.69, 9.17) is 0 Å². The molecule has 3 rings (SSSR count). The summed E-state index contributed by atoms with van der Waals surface area (Å²) in [6.07, 6.45) is 1.11. The highest BCUT2D eigenvalue weighted by Crippen LogP contribution is 2.20. The summed E-state index contributed by atoms with van der Waals surface area (Å²) in [5, 5.41) is 6.95. The Kier molecular flexibility index (Phi) is 4.78. The van der Waals surface area contributed by atoms with E-state index < -0.39 is 0 Å². The third-order valence-corrected chi connectivity index (χ3v) is 4.35. The van der Waals surface area contributed by atoms with Gasteiger partial charge in [-0.15, -0.1) is 0 Å². The highest BCUT2D eigenvalue weighted by molar-refractivity contribution is 9.10. The van der Waals surface area contributed by atoms with Crippen molar-refractivity contribution in [1.82, 2.24) is 5.32 Å². The number of anilines is 1. The van der Waals surface area contributed by atoms with Crippen LogP contribution in [0.15, 0.2) is 51.9 Å². The van der Waals surface area contributed by atoms with Gasteiger partial charge in [0.15, 0.2) is 0 Å². The number of nitrogens with one attached hydrogen (secondary N) is 2. The maximum absolute atomic E-state index is 4.61. The summed E-state index contributed by atoms with van der Waals surface area (Å²) in [6, 6.07) is 14.7. The molecule has 114 valence electrons. The van der Waals surface area contributed by atoms with Gasteiger partial charge in [0.25, 0.3) is 0 Å². The molecule has 1 aliphatic rings. The number of rotatable bonds is 4. The minimum absolute atomic E-state index is 0.801. The Labute approximate surface area is 140 Å². The van der Waals surface area contributed by atoms with Crippen LogP contribution in [0.5, 0.6) is 0 Å². The molecule has 0 bridgehead atoms. The normalized spacial score (nSPS) is 14.2. The van der Waals surface area contributed by atoms with E-state index in [1.54, 1.807) is 0 Å². The molecule has 3 nitrogen and oxygen atoms in total. The van der Waals surface area contributed by atoms with E-state index in [2.05, 4.69) is 80.9 Å². The quantitative estimate of drug-likeness (QED) is 0.863. The van der Waals surface area contributed by atoms with Crippen LogP contribution in [0.3, 0.4) is 0 Å². The summed E-state index contributed by atoms with van der Waals surface area (Å²) in [6.45, 7) is 4.84. The number of amidine groups is 1. The smallest absolute Gasteiger partial charge is 0.130 e. The van der Waals surface area contributed by atoms with Crippen LogP contribution in [0.2, 0.25) is 0 Å². The highest BCUT2D eigenvalue weighted by Gasteiger charge is 2.11. The van der Waals surface area contributed by atoms with Crippen molar-refractivity contribution in [1.29, 1.82) is 0 Å². The number of nitrogens with zero attached hydrogens (tertiary/aromatic N) is 1. The molecular formula is C18H20BrN3. The Hall–Kier alpha value is -1.81. The van der Waals surface area contributed by atoms with E-state index in [-0.39, 0.29) is 0 Å². The summed E-state index contributed by atoms with van der Waals surface area (Å²) in [7, 11) is 0. The van der Waals surface area contributed by atoms with Gasteiger partial charge in [0, 0.05) is 35.4 Å². The zero-order valence-electron chi connectivity index (χ0n) is 12.7. The van der Waals surface area contributed by atoms with Crippen LogP contribution < -0.4 is 10.6 Å². The topological polar surface area (TPSA) is 36.4 Å². The number of hydrogen-bond donors (Lipinski definition) is 2. The van der Waals surface area contributed by atoms with E-state index in [1.165, 1.54) is 11.1 Å². The lowest BCUT2D eigenvalue weighted by Gasteiger charge is -2.18. The molecule has 0 fully saturated rings. The van der Waals surface area contributed by atoms with E-state index in [0.717, 1.165) is 47.6 Å². The fourth-order valence-corrected chi connectivity index (χ4v) is 2.99. The second-order valence-corrected chi connectivity index (χ2v) is 6.40. The predicted octanol–water partition coefficient (Wildman–Crippen LogP) is 4.11. The Bertz CT molecular complexity index is 694. The first-order chi connectivity index (χ1) is 10.7. The van der Waals surface area contributed by atoms with Crippen LogP contribution in [0, 0.1) is 6.92 Å². The van der Waals surface area contributed by atoms with Crippen molar-refractivity contribution in [3.05, 3.63) is 63.6 Å². The Morgan fingerprint density at radius 3 is 2.91 bits per heavy atom. The Morgan fingerprint density at radius 1 is 1.23 bits per heavy atom. The van der Waals surface area contributed by atoms with Gasteiger partial charge in [-0.1, -0.05) is 34.1 Å². The molecule has 2 aromatic rings. The number of aliphatic imine (C=N–C) groups is 1. The number of aryl methyl sites for hydroxylation is 1. The number of para-hydroxylation sites is 1. The summed E-state index contributed by atoms with van der Waals surface area (Å²) in [5.74, 6) is 1.00. The van der Waals surface area contributed by atoms with Gasteiger partial charge in [0.2, 0.25) is 0 Å². The van der Waals surface area contributed by atoms with Gasteiger partial charge >= 0.3 is 0 Å². The third kappa shape index (κ3) is 3.50. The molecule has 2 aromatic carbocycles. The summed E-state index contributed by atoms with van der Waals surface area (Å²) in [5.41, 5.74) is 4.86. The lowest BCUT2D eigenvalue weighted by molar-refractivity contribution is 0.742. The molecule has 4 heteroatoms. The monoisotopic (exact) mass is 357 g/mol. The summed E-state index contributed by atoms with van der Waals surface area (Å²) < 4.78 is 1.11. The molecule has 2 N–H and O–H groups in total. The zero-order valence-corrected chi connectivity index (χ0v) is 14.3. The predicted molar refractivity (Wildman–Crippen MR) is 96.7 cm³/mol. The summed E-state index contributed by atoms with van der Waals surface area (Å²) >= 11 is 3.54. The van der Waals surface area contributed by atoms with Crippen LogP contribution in [0.1, 0.15) is 23.1 Å². The molecule has 0 unspecified atom stereocenters. The van der Waals surface area contributed by atoms with Crippen molar-refractivity contribution < 1.29 is 0 Å². The highest BCUT2D eigenvalue weighted by atomic mass is 79.9. The van der Waals surface area contributed by atoms with Crippen molar-refractivity contribution in [3.63, 3.8) is 0 Å². The van der Waals surface area contributed by atoms with Crippen LogP contribution in [-0.2, 0) is 6.54 Å². The van der Waals surface area contributed by atoms with Gasteiger partial charge < -0.3 is 10.6 Å². The minimum atomic E-state index is 0.801. The van der Waals surface area contributed by atoms with Crippen LogP contribution in [0.25, 0.3) is 0 Å². The fraction of sp³-hybridized carbons (Fsp3) is 0.278. The van der Waals surface area contributed by atoms with E-state index in [1.807, 2.05) is 0 Å². The molecule has 0 aromatic heterocycles. The molecule has 0 radical (unpaired) electrons. The van der Waals surface area contributed by atoms with E-state index in [9.17, 15) is 0 Å². The second-order valence-electron chi connectivity index (χ2n) is 5.48. The first-order valence-electron chi connectivity index (χ1n) is 7.60. The average molecular weight is 358 g/mol. The van der Waals surface area contributed by atoms with Crippen LogP contribution in [0.4, 0.5) is 5.69 Å². The third-order valence-electron chi connectivity index (χ3n) is 3.86. The first-order valence-corrected chi connectivity index (χ1v) is 8.40. The number of benzene rings is 2. The number of halogens is 1. The van der Waals surface area contributed by atoms with Gasteiger partial charge in [0.05, 0.1) is 0 Å². The first kappa shape index (κ1) is 15.1. The van der Waals surface area contributed by atoms with Gasteiger partial charge in [0.1, 0.15) is 5.84 Å². The molecule has 0 saturated carbocycles. The van der Waals surface area contributed by atoms with Gasteiger partial charge in [-0.05, 0) is 48.7 Å². The van der Waals surface area contributed by atoms with Gasteiger partial charge in [-0.3, -0.25) is 4.99 Å². The molecule has 0 aliphatic carbocycles. The Morgan fingerprint density at radius 2 is 2.09 bits per heavy atom. The average Bonchev–Trinajstić information content (AvgIpc) is 2.57. The fourth-order valence-electron chi connectivity index (χ4n) is 2.58. The zero-order chi connectivity index (χ0) is 15.4. The van der Waals surface area contributed by atoms with Gasteiger partial charge in [-0.2, -0.15) is 0 Å². The van der Waals surface area contributed by atoms with Crippen LogP contribution in [-0.4, -0.2) is 18.9 Å². The number of hydrogen-bond acceptors (Lipinski definition) is 3. The molecule has 0 amide bonds. The second kappa shape index (κ2) is 6.97. The standard InChI is InChI=1S/C18H20BrN3/c1-13-7-8-15(19)11-14(13)12-22-17-6-3-2-5-16(17)18-20-9-4-10-21-18/h2-3,5-8,11,22H,4,9-10,12H2,1H3,(H,20,21). The summed E-state index contributed by atoms with van der Waals surface area (Å²) in [4.78, 5) is 4.61. The van der Waals surface area contributed by atoms with Gasteiger partial charge in [-0.25, -0.2) is 0 Å². The largest absolute Gasteiger partial charge is 0.380 e. The van der Waals surface area contributed by atoms with Crippen molar-refractivity contribution in [2.75, 3.05) is 18.4 Å².